The van der Waals surface area contributed by atoms with Crippen molar-refractivity contribution >= 4 is 22.7 Å². The summed E-state index contributed by atoms with van der Waals surface area (Å²) in [5, 5.41) is 1.18. The van der Waals surface area contributed by atoms with Crippen LogP contribution in [-0.4, -0.2) is 58.1 Å². The van der Waals surface area contributed by atoms with Gasteiger partial charge in [-0.3, -0.25) is 9.59 Å². The number of aromatic nitrogens is 1. The van der Waals surface area contributed by atoms with Crippen molar-refractivity contribution in [2.24, 2.45) is 0 Å². The molecule has 4 heterocycles. The Bertz CT molecular complexity index is 876. The van der Waals surface area contributed by atoms with E-state index in [2.05, 4.69) is 11.1 Å². The molecule has 5 rings (SSSR count). The van der Waals surface area contributed by atoms with Crippen molar-refractivity contribution in [2.75, 3.05) is 19.7 Å². The highest BCUT2D eigenvalue weighted by atomic mass is 16.5. The monoisotopic (exact) mass is 353 g/mol. The molecule has 3 fully saturated rings. The third kappa shape index (κ3) is 2.21. The molecule has 0 radical (unpaired) electrons. The Morgan fingerprint density at radius 3 is 3.12 bits per heavy atom. The van der Waals surface area contributed by atoms with Crippen LogP contribution in [0.25, 0.3) is 10.9 Å². The van der Waals surface area contributed by atoms with E-state index < -0.39 is 5.72 Å². The van der Waals surface area contributed by atoms with E-state index in [1.54, 1.807) is 0 Å². The van der Waals surface area contributed by atoms with Crippen LogP contribution in [0.2, 0.25) is 0 Å². The van der Waals surface area contributed by atoms with Gasteiger partial charge < -0.3 is 19.5 Å². The van der Waals surface area contributed by atoms with Crippen molar-refractivity contribution in [1.82, 2.24) is 14.8 Å². The summed E-state index contributed by atoms with van der Waals surface area (Å²) >= 11 is 0. The maximum Gasteiger partial charge on any atom is 0.227 e. The number of ether oxygens (including phenoxy) is 1. The van der Waals surface area contributed by atoms with Gasteiger partial charge in [0.1, 0.15) is 0 Å². The summed E-state index contributed by atoms with van der Waals surface area (Å²) in [4.78, 5) is 32.4. The van der Waals surface area contributed by atoms with Crippen molar-refractivity contribution in [3.63, 3.8) is 0 Å². The van der Waals surface area contributed by atoms with Gasteiger partial charge in [-0.25, -0.2) is 0 Å². The van der Waals surface area contributed by atoms with Crippen molar-refractivity contribution < 1.29 is 14.3 Å². The highest BCUT2D eigenvalue weighted by Crippen LogP contribution is 2.45. The van der Waals surface area contributed by atoms with Crippen LogP contribution in [-0.2, 0) is 20.7 Å². The second kappa shape index (κ2) is 5.84. The van der Waals surface area contributed by atoms with Gasteiger partial charge >= 0.3 is 0 Å². The molecule has 3 saturated heterocycles. The number of nitrogens with zero attached hydrogens (tertiary/aromatic N) is 2. The Morgan fingerprint density at radius 1 is 1.31 bits per heavy atom. The molecule has 1 aromatic heterocycles. The van der Waals surface area contributed by atoms with Gasteiger partial charge in [0.25, 0.3) is 0 Å². The zero-order chi connectivity index (χ0) is 17.7. The zero-order valence-electron chi connectivity index (χ0n) is 14.7. The number of rotatable bonds is 3. The average Bonchev–Trinajstić information content (AvgIpc) is 3.30. The SMILES string of the molecule is O=C(CCc1c[nH]c2ccccc12)N1CC[C@@]23OCCCN2C(=O)C[C@@H]13. The van der Waals surface area contributed by atoms with E-state index in [1.807, 2.05) is 34.2 Å². The number of hydrogen-bond donors (Lipinski definition) is 1. The van der Waals surface area contributed by atoms with Crippen molar-refractivity contribution in [3.05, 3.63) is 36.0 Å². The summed E-state index contributed by atoms with van der Waals surface area (Å²) in [6.45, 7) is 2.12. The normalized spacial score (nSPS) is 27.8. The number of H-pyrrole nitrogens is 1. The minimum absolute atomic E-state index is 0.120. The molecule has 0 saturated carbocycles. The number of benzene rings is 1. The Labute approximate surface area is 152 Å². The van der Waals surface area contributed by atoms with Crippen LogP contribution >= 0.6 is 0 Å². The van der Waals surface area contributed by atoms with Gasteiger partial charge in [0.15, 0.2) is 5.72 Å². The molecule has 2 atom stereocenters. The number of carbonyl (C=O) groups excluding carboxylic acids is 2. The summed E-state index contributed by atoms with van der Waals surface area (Å²) in [5.41, 5.74) is 1.72. The first-order valence-corrected chi connectivity index (χ1v) is 9.48. The molecule has 2 aromatic rings. The molecule has 6 heteroatoms. The first kappa shape index (κ1) is 15.9. The largest absolute Gasteiger partial charge is 0.361 e. The quantitative estimate of drug-likeness (QED) is 0.918. The minimum Gasteiger partial charge on any atom is -0.361 e. The summed E-state index contributed by atoms with van der Waals surface area (Å²) in [7, 11) is 0. The molecule has 1 aromatic carbocycles. The van der Waals surface area contributed by atoms with Crippen LogP contribution in [0.4, 0.5) is 0 Å². The third-order valence-corrected chi connectivity index (χ3v) is 6.22. The molecule has 0 bridgehead atoms. The van der Waals surface area contributed by atoms with Gasteiger partial charge in [-0.1, -0.05) is 18.2 Å². The van der Waals surface area contributed by atoms with Gasteiger partial charge in [-0.2, -0.15) is 0 Å². The first-order valence-electron chi connectivity index (χ1n) is 9.48. The summed E-state index contributed by atoms with van der Waals surface area (Å²) < 4.78 is 6.08. The Kier molecular flexibility index (Phi) is 3.57. The minimum atomic E-state index is -0.550. The van der Waals surface area contributed by atoms with Crippen LogP contribution in [0.5, 0.6) is 0 Å². The lowest BCUT2D eigenvalue weighted by atomic mass is 10.0. The van der Waals surface area contributed by atoms with Gasteiger partial charge in [0, 0.05) is 43.0 Å². The topological polar surface area (TPSA) is 65.6 Å². The van der Waals surface area contributed by atoms with E-state index in [9.17, 15) is 9.59 Å². The lowest BCUT2D eigenvalue weighted by molar-refractivity contribution is -0.181. The van der Waals surface area contributed by atoms with E-state index >= 15 is 0 Å². The number of hydrogen-bond acceptors (Lipinski definition) is 3. The van der Waals surface area contributed by atoms with E-state index in [4.69, 9.17) is 4.74 Å². The van der Waals surface area contributed by atoms with Crippen LogP contribution in [0.1, 0.15) is 31.2 Å². The second-order valence-electron chi connectivity index (χ2n) is 7.51. The lowest BCUT2D eigenvalue weighted by Crippen LogP contribution is -2.56. The van der Waals surface area contributed by atoms with Crippen molar-refractivity contribution in [1.29, 1.82) is 0 Å². The van der Waals surface area contributed by atoms with Crippen molar-refractivity contribution in [2.45, 2.75) is 43.9 Å². The average molecular weight is 353 g/mol. The van der Waals surface area contributed by atoms with Gasteiger partial charge in [-0.15, -0.1) is 0 Å². The Morgan fingerprint density at radius 2 is 2.19 bits per heavy atom. The van der Waals surface area contributed by atoms with Crippen molar-refractivity contribution in [3.8, 4) is 0 Å². The van der Waals surface area contributed by atoms with E-state index in [1.165, 1.54) is 10.9 Å². The van der Waals surface area contributed by atoms with Gasteiger partial charge in [0.05, 0.1) is 19.1 Å². The third-order valence-electron chi connectivity index (χ3n) is 6.22. The highest BCUT2D eigenvalue weighted by Gasteiger charge is 2.61. The number of carbonyl (C=O) groups is 2. The fourth-order valence-corrected chi connectivity index (χ4v) is 4.97. The van der Waals surface area contributed by atoms with E-state index in [0.29, 0.717) is 32.4 Å². The molecule has 6 nitrogen and oxygen atoms in total. The van der Waals surface area contributed by atoms with Gasteiger partial charge in [-0.05, 0) is 24.5 Å². The molecule has 2 amide bonds. The molecule has 26 heavy (non-hydrogen) atoms. The first-order chi connectivity index (χ1) is 12.7. The maximum atomic E-state index is 12.9. The van der Waals surface area contributed by atoms with Crippen LogP contribution in [0.15, 0.2) is 30.5 Å². The number of fused-ring (bicyclic) bond motifs is 1. The molecule has 3 aliphatic heterocycles. The molecule has 1 N–H and O–H groups in total. The lowest BCUT2D eigenvalue weighted by Gasteiger charge is -2.42. The summed E-state index contributed by atoms with van der Waals surface area (Å²) in [5.74, 6) is 0.254. The van der Waals surface area contributed by atoms with Crippen LogP contribution in [0.3, 0.4) is 0 Å². The number of amides is 2. The molecular weight excluding hydrogens is 330 g/mol. The predicted octanol–water partition coefficient (Wildman–Crippen LogP) is 2.05. The highest BCUT2D eigenvalue weighted by molar-refractivity contribution is 5.86. The molecular formula is C20H23N3O3. The number of aryl methyl sites for hydroxylation is 1. The predicted molar refractivity (Wildman–Crippen MR) is 96.4 cm³/mol. The molecule has 0 unspecified atom stereocenters. The van der Waals surface area contributed by atoms with Gasteiger partial charge in [0.2, 0.25) is 11.8 Å². The Hall–Kier alpha value is -2.34. The number of likely N-dealkylation sites (tertiary alicyclic amines) is 1. The second-order valence-corrected chi connectivity index (χ2v) is 7.51. The fourth-order valence-electron chi connectivity index (χ4n) is 4.97. The van der Waals surface area contributed by atoms with Crippen LogP contribution in [0, 0.1) is 0 Å². The molecule has 3 aliphatic rings. The maximum absolute atomic E-state index is 12.9. The zero-order valence-corrected chi connectivity index (χ0v) is 14.7. The summed E-state index contributed by atoms with van der Waals surface area (Å²) in [6, 6.07) is 8.03. The van der Waals surface area contributed by atoms with E-state index in [-0.39, 0.29) is 17.9 Å². The van der Waals surface area contributed by atoms with Crippen LogP contribution < -0.4 is 0 Å². The number of aromatic amines is 1. The van der Waals surface area contributed by atoms with E-state index in [0.717, 1.165) is 24.9 Å². The molecule has 0 aliphatic carbocycles. The molecule has 1 spiro atoms. The fraction of sp³-hybridized carbons (Fsp3) is 0.500. The number of para-hydroxylation sites is 1. The standard InChI is InChI=1S/C20H23N3O3/c24-18(7-6-14-13-21-16-5-2-1-4-15(14)16)22-10-8-20-17(22)12-19(25)23(20)9-3-11-26-20/h1-2,4-5,13,17,21H,3,6-12H2/t17-,20+/m1/s1. The molecule has 136 valence electrons. The number of nitrogens with one attached hydrogen (secondary N) is 1. The smallest absolute Gasteiger partial charge is 0.227 e. The Balaban J connectivity index is 1.31. The summed E-state index contributed by atoms with van der Waals surface area (Å²) in [6.07, 6.45) is 5.18.